The van der Waals surface area contributed by atoms with E-state index in [9.17, 15) is 9.59 Å². The molecule has 0 aliphatic carbocycles. The quantitative estimate of drug-likeness (QED) is 0.758. The fourth-order valence-corrected chi connectivity index (χ4v) is 3.48. The molecule has 0 spiro atoms. The maximum atomic E-state index is 13.1. The Morgan fingerprint density at radius 1 is 1.04 bits per heavy atom. The normalized spacial score (nSPS) is 15.7. The second-order valence-electron chi connectivity index (χ2n) is 6.32. The van der Waals surface area contributed by atoms with E-state index in [4.69, 9.17) is 14.2 Å². The van der Waals surface area contributed by atoms with Gasteiger partial charge in [-0.25, -0.2) is 0 Å². The summed E-state index contributed by atoms with van der Waals surface area (Å²) in [5.74, 6) is 0.731. The average molecular weight is 369 g/mol. The van der Waals surface area contributed by atoms with Crippen LogP contribution in [-0.4, -0.2) is 44.7 Å². The topological polar surface area (TPSA) is 65.1 Å². The highest BCUT2D eigenvalue weighted by atomic mass is 16.5. The molecule has 0 aromatic heterocycles. The number of amides is 1. The third-order valence-corrected chi connectivity index (χ3v) is 4.87. The SMILES string of the molecule is COC(=O)C[C@@H]1c2cc(OC)c(OC)cc2CCN1C(=O)c1ccccc1. The van der Waals surface area contributed by atoms with Gasteiger partial charge in [0.1, 0.15) is 0 Å². The summed E-state index contributed by atoms with van der Waals surface area (Å²) >= 11 is 0. The van der Waals surface area contributed by atoms with Gasteiger partial charge in [-0.3, -0.25) is 9.59 Å². The van der Waals surface area contributed by atoms with Gasteiger partial charge in [0.2, 0.25) is 0 Å². The standard InChI is InChI=1S/C21H23NO5/c1-25-18-11-15-9-10-22(21(24)14-7-5-4-6-8-14)17(13-20(23)27-3)16(15)12-19(18)26-2/h4-8,11-12,17H,9-10,13H2,1-3H3/t17-/m1/s1. The fraction of sp³-hybridized carbons (Fsp3) is 0.333. The number of ether oxygens (including phenoxy) is 3. The number of carbonyl (C=O) groups excluding carboxylic acids is 2. The molecule has 1 aliphatic rings. The van der Waals surface area contributed by atoms with Crippen LogP contribution in [0.15, 0.2) is 42.5 Å². The predicted octanol–water partition coefficient (Wildman–Crippen LogP) is 3.01. The molecule has 1 heterocycles. The zero-order valence-corrected chi connectivity index (χ0v) is 15.7. The molecule has 0 radical (unpaired) electrons. The Morgan fingerprint density at radius 3 is 2.33 bits per heavy atom. The van der Waals surface area contributed by atoms with Gasteiger partial charge < -0.3 is 19.1 Å². The van der Waals surface area contributed by atoms with Crippen LogP contribution in [0.2, 0.25) is 0 Å². The van der Waals surface area contributed by atoms with E-state index in [0.29, 0.717) is 30.0 Å². The predicted molar refractivity (Wildman–Crippen MR) is 100 cm³/mol. The maximum absolute atomic E-state index is 13.1. The van der Waals surface area contributed by atoms with Crippen LogP contribution in [0.25, 0.3) is 0 Å². The first kappa shape index (κ1) is 18.8. The zero-order chi connectivity index (χ0) is 19.4. The van der Waals surface area contributed by atoms with Crippen LogP contribution in [0.1, 0.15) is 33.9 Å². The van der Waals surface area contributed by atoms with Crippen molar-refractivity contribution in [1.82, 2.24) is 4.90 Å². The minimum Gasteiger partial charge on any atom is -0.493 e. The molecule has 0 unspecified atom stereocenters. The van der Waals surface area contributed by atoms with Gasteiger partial charge in [-0.2, -0.15) is 0 Å². The van der Waals surface area contributed by atoms with E-state index < -0.39 is 6.04 Å². The van der Waals surface area contributed by atoms with Crippen LogP contribution in [-0.2, 0) is 16.0 Å². The third kappa shape index (κ3) is 3.74. The van der Waals surface area contributed by atoms with Crippen LogP contribution in [0.4, 0.5) is 0 Å². The number of methoxy groups -OCH3 is 3. The summed E-state index contributed by atoms with van der Waals surface area (Å²) in [6, 6.07) is 12.4. The molecule has 0 bridgehead atoms. The van der Waals surface area contributed by atoms with Gasteiger partial charge in [-0.05, 0) is 41.8 Å². The lowest BCUT2D eigenvalue weighted by molar-refractivity contribution is -0.141. The van der Waals surface area contributed by atoms with Crippen molar-refractivity contribution in [3.63, 3.8) is 0 Å². The van der Waals surface area contributed by atoms with Gasteiger partial charge in [0.15, 0.2) is 11.5 Å². The van der Waals surface area contributed by atoms with E-state index in [-0.39, 0.29) is 18.3 Å². The highest BCUT2D eigenvalue weighted by Gasteiger charge is 2.34. The summed E-state index contributed by atoms with van der Waals surface area (Å²) in [5.41, 5.74) is 2.52. The molecular weight excluding hydrogens is 346 g/mol. The van der Waals surface area contributed by atoms with E-state index in [0.717, 1.165) is 11.1 Å². The number of nitrogens with zero attached hydrogens (tertiary/aromatic N) is 1. The molecule has 1 amide bonds. The second-order valence-corrected chi connectivity index (χ2v) is 6.32. The first-order valence-electron chi connectivity index (χ1n) is 8.76. The monoisotopic (exact) mass is 369 g/mol. The molecule has 1 aliphatic heterocycles. The summed E-state index contributed by atoms with van der Waals surface area (Å²) in [6.07, 6.45) is 0.753. The Hall–Kier alpha value is -3.02. The van der Waals surface area contributed by atoms with Crippen molar-refractivity contribution in [1.29, 1.82) is 0 Å². The zero-order valence-electron chi connectivity index (χ0n) is 15.7. The van der Waals surface area contributed by atoms with Crippen molar-refractivity contribution in [2.45, 2.75) is 18.9 Å². The molecule has 1 atom stereocenters. The van der Waals surface area contributed by atoms with Gasteiger partial charge in [0.25, 0.3) is 5.91 Å². The van der Waals surface area contributed by atoms with Crippen LogP contribution in [0.3, 0.4) is 0 Å². The van der Waals surface area contributed by atoms with Gasteiger partial charge >= 0.3 is 5.97 Å². The number of hydrogen-bond acceptors (Lipinski definition) is 5. The molecule has 2 aromatic carbocycles. The number of esters is 1. The van der Waals surface area contributed by atoms with Gasteiger partial charge in [0.05, 0.1) is 33.8 Å². The molecule has 27 heavy (non-hydrogen) atoms. The lowest BCUT2D eigenvalue weighted by Gasteiger charge is -2.37. The van der Waals surface area contributed by atoms with Gasteiger partial charge in [-0.15, -0.1) is 0 Å². The first-order chi connectivity index (χ1) is 13.1. The molecular formula is C21H23NO5. The lowest BCUT2D eigenvalue weighted by Crippen LogP contribution is -2.41. The smallest absolute Gasteiger partial charge is 0.307 e. The van der Waals surface area contributed by atoms with E-state index in [2.05, 4.69) is 0 Å². The Morgan fingerprint density at radius 2 is 1.70 bits per heavy atom. The Balaban J connectivity index is 2.04. The van der Waals surface area contributed by atoms with E-state index >= 15 is 0 Å². The Labute approximate surface area is 158 Å². The molecule has 0 saturated carbocycles. The molecule has 0 fully saturated rings. The van der Waals surface area contributed by atoms with Crippen molar-refractivity contribution in [2.24, 2.45) is 0 Å². The van der Waals surface area contributed by atoms with Crippen LogP contribution >= 0.6 is 0 Å². The van der Waals surface area contributed by atoms with E-state index in [1.54, 1.807) is 31.3 Å². The van der Waals surface area contributed by atoms with Crippen molar-refractivity contribution < 1.29 is 23.8 Å². The molecule has 142 valence electrons. The van der Waals surface area contributed by atoms with Gasteiger partial charge in [0, 0.05) is 12.1 Å². The number of rotatable bonds is 5. The maximum Gasteiger partial charge on any atom is 0.307 e. The third-order valence-electron chi connectivity index (χ3n) is 4.87. The second kappa shape index (κ2) is 8.12. The Kier molecular flexibility index (Phi) is 5.64. The van der Waals surface area contributed by atoms with Crippen LogP contribution in [0, 0.1) is 0 Å². The van der Waals surface area contributed by atoms with Crippen molar-refractivity contribution in [3.8, 4) is 11.5 Å². The minimum atomic E-state index is -0.422. The summed E-state index contributed by atoms with van der Waals surface area (Å²) in [4.78, 5) is 26.9. The van der Waals surface area contributed by atoms with E-state index in [1.165, 1.54) is 7.11 Å². The van der Waals surface area contributed by atoms with E-state index in [1.807, 2.05) is 30.3 Å². The summed E-state index contributed by atoms with van der Waals surface area (Å²) in [5, 5.41) is 0. The molecule has 3 rings (SSSR count). The minimum absolute atomic E-state index is 0.0809. The average Bonchev–Trinajstić information content (AvgIpc) is 2.72. The highest BCUT2D eigenvalue weighted by Crippen LogP contribution is 2.40. The lowest BCUT2D eigenvalue weighted by atomic mass is 9.89. The van der Waals surface area contributed by atoms with Gasteiger partial charge in [-0.1, -0.05) is 18.2 Å². The molecule has 0 saturated heterocycles. The van der Waals surface area contributed by atoms with Crippen molar-refractivity contribution in [2.75, 3.05) is 27.9 Å². The first-order valence-corrected chi connectivity index (χ1v) is 8.76. The largest absolute Gasteiger partial charge is 0.493 e. The molecule has 0 N–H and O–H groups in total. The number of carbonyl (C=O) groups is 2. The molecule has 6 heteroatoms. The van der Waals surface area contributed by atoms with Crippen LogP contribution in [0.5, 0.6) is 11.5 Å². The summed E-state index contributed by atoms with van der Waals surface area (Å²) in [6.45, 7) is 0.512. The number of hydrogen-bond donors (Lipinski definition) is 0. The summed E-state index contributed by atoms with van der Waals surface area (Å²) < 4.78 is 15.7. The summed E-state index contributed by atoms with van der Waals surface area (Å²) in [7, 11) is 4.50. The molecule has 2 aromatic rings. The van der Waals surface area contributed by atoms with Crippen molar-refractivity contribution >= 4 is 11.9 Å². The Bertz CT molecular complexity index is 834. The number of benzene rings is 2. The number of fused-ring (bicyclic) bond motifs is 1. The van der Waals surface area contributed by atoms with Crippen molar-refractivity contribution in [3.05, 3.63) is 59.2 Å². The van der Waals surface area contributed by atoms with Crippen LogP contribution < -0.4 is 9.47 Å². The fourth-order valence-electron chi connectivity index (χ4n) is 3.48. The highest BCUT2D eigenvalue weighted by molar-refractivity contribution is 5.95. The molecule has 6 nitrogen and oxygen atoms in total.